The molecule has 0 spiro atoms. The number of hydrogen-bond donors (Lipinski definition) is 0. The van der Waals surface area contributed by atoms with E-state index in [2.05, 4.69) is 30.8 Å². The van der Waals surface area contributed by atoms with Gasteiger partial charge in [-0.2, -0.15) is 0 Å². The molecule has 1 heterocycles. The molecule has 0 unspecified atom stereocenters. The minimum Gasteiger partial charge on any atom is -0.469 e. The van der Waals surface area contributed by atoms with Crippen LogP contribution in [0.1, 0.15) is 42.7 Å². The Kier molecular flexibility index (Phi) is 6.12. The van der Waals surface area contributed by atoms with Crippen LogP contribution in [0.5, 0.6) is 0 Å². The highest BCUT2D eigenvalue weighted by molar-refractivity contribution is 5.79. The van der Waals surface area contributed by atoms with Gasteiger partial charge in [0.25, 0.3) is 0 Å². The Balaban J connectivity index is 1.40. The summed E-state index contributed by atoms with van der Waals surface area (Å²) in [4.78, 5) is 26.9. The molecule has 1 saturated heterocycles. The number of hydrogen-bond acceptors (Lipinski definition) is 4. The summed E-state index contributed by atoms with van der Waals surface area (Å²) >= 11 is 0. The average Bonchev–Trinajstić information content (AvgIpc) is 3.14. The Bertz CT molecular complexity index is 929. The highest BCUT2D eigenvalue weighted by atomic mass is 16.6. The maximum absolute atomic E-state index is 12.8. The number of esters is 1. The predicted octanol–water partition coefficient (Wildman–Crippen LogP) is 5.16. The fourth-order valence-corrected chi connectivity index (χ4v) is 4.95. The minimum atomic E-state index is -0.539. The Labute approximate surface area is 183 Å². The van der Waals surface area contributed by atoms with Crippen LogP contribution < -0.4 is 0 Å². The number of likely N-dealkylation sites (tertiary alicyclic amines) is 1. The summed E-state index contributed by atoms with van der Waals surface area (Å²) in [5, 5.41) is 0. The van der Waals surface area contributed by atoms with Gasteiger partial charge in [-0.3, -0.25) is 4.79 Å². The second-order valence-electron chi connectivity index (χ2n) is 8.39. The van der Waals surface area contributed by atoms with Crippen LogP contribution >= 0.6 is 0 Å². The van der Waals surface area contributed by atoms with E-state index >= 15 is 0 Å². The lowest BCUT2D eigenvalue weighted by Crippen LogP contribution is -2.47. The molecule has 4 rings (SSSR count). The van der Waals surface area contributed by atoms with Crippen molar-refractivity contribution in [1.29, 1.82) is 0 Å². The van der Waals surface area contributed by atoms with Crippen molar-refractivity contribution in [2.24, 2.45) is 5.41 Å². The lowest BCUT2D eigenvalue weighted by molar-refractivity contribution is -0.156. The molecule has 1 aliphatic heterocycles. The molecule has 2 aromatic carbocycles. The first kappa shape index (κ1) is 21.2. The van der Waals surface area contributed by atoms with Crippen molar-refractivity contribution in [2.45, 2.75) is 31.6 Å². The zero-order valence-electron chi connectivity index (χ0n) is 18.0. The summed E-state index contributed by atoms with van der Waals surface area (Å²) in [5.74, 6) is -0.149. The number of methoxy groups -OCH3 is 1. The molecule has 0 saturated carbocycles. The Morgan fingerprint density at radius 2 is 1.65 bits per heavy atom. The number of allylic oxidation sites excluding steroid dienone is 1. The molecule has 2 aromatic rings. The molecule has 162 valence electrons. The van der Waals surface area contributed by atoms with E-state index in [1.807, 2.05) is 30.3 Å². The largest absolute Gasteiger partial charge is 0.469 e. The molecule has 0 radical (unpaired) electrons. The predicted molar refractivity (Wildman–Crippen MR) is 120 cm³/mol. The summed E-state index contributed by atoms with van der Waals surface area (Å²) < 4.78 is 10.8. The van der Waals surface area contributed by atoms with Crippen molar-refractivity contribution in [1.82, 2.24) is 4.90 Å². The SMILES string of the molecule is C=CCCC1(C(=O)OC)CCN(C(=O)OCC2c3ccccc3-c3ccccc32)CC1. The van der Waals surface area contributed by atoms with Gasteiger partial charge in [-0.25, -0.2) is 4.79 Å². The van der Waals surface area contributed by atoms with Crippen molar-refractivity contribution in [3.63, 3.8) is 0 Å². The molecule has 2 aliphatic rings. The summed E-state index contributed by atoms with van der Waals surface area (Å²) in [6, 6.07) is 16.6. The Hall–Kier alpha value is -3.08. The maximum atomic E-state index is 12.8. The Morgan fingerprint density at radius 1 is 1.06 bits per heavy atom. The first-order chi connectivity index (χ1) is 15.1. The van der Waals surface area contributed by atoms with Gasteiger partial charge in [0, 0.05) is 19.0 Å². The molecule has 0 aromatic heterocycles. The van der Waals surface area contributed by atoms with Gasteiger partial charge < -0.3 is 14.4 Å². The van der Waals surface area contributed by atoms with Crippen molar-refractivity contribution in [3.8, 4) is 11.1 Å². The van der Waals surface area contributed by atoms with E-state index in [0.29, 0.717) is 39.0 Å². The van der Waals surface area contributed by atoms with Gasteiger partial charge in [0.1, 0.15) is 6.61 Å². The molecule has 5 nitrogen and oxygen atoms in total. The van der Waals surface area contributed by atoms with Crippen LogP contribution in [-0.2, 0) is 14.3 Å². The van der Waals surface area contributed by atoms with Crippen LogP contribution in [0.2, 0.25) is 0 Å². The number of amides is 1. The molecule has 31 heavy (non-hydrogen) atoms. The summed E-state index contributed by atoms with van der Waals surface area (Å²) in [6.07, 6.45) is 4.11. The zero-order valence-corrected chi connectivity index (χ0v) is 18.0. The van der Waals surface area contributed by atoms with Gasteiger partial charge in [0.2, 0.25) is 0 Å². The van der Waals surface area contributed by atoms with E-state index in [9.17, 15) is 9.59 Å². The monoisotopic (exact) mass is 419 g/mol. The molecule has 1 aliphatic carbocycles. The van der Waals surface area contributed by atoms with E-state index in [4.69, 9.17) is 9.47 Å². The van der Waals surface area contributed by atoms with Gasteiger partial charge >= 0.3 is 12.1 Å². The normalized spacial score (nSPS) is 16.9. The lowest BCUT2D eigenvalue weighted by Gasteiger charge is -2.39. The molecular weight excluding hydrogens is 390 g/mol. The first-order valence-electron chi connectivity index (χ1n) is 10.9. The van der Waals surface area contributed by atoms with Gasteiger partial charge in [-0.15, -0.1) is 6.58 Å². The smallest absolute Gasteiger partial charge is 0.409 e. The molecule has 1 fully saturated rings. The zero-order chi connectivity index (χ0) is 21.8. The van der Waals surface area contributed by atoms with Gasteiger partial charge in [0.05, 0.1) is 12.5 Å². The highest BCUT2D eigenvalue weighted by Gasteiger charge is 2.43. The third-order valence-electron chi connectivity index (χ3n) is 6.76. The fourth-order valence-electron chi connectivity index (χ4n) is 4.95. The Morgan fingerprint density at radius 3 is 2.19 bits per heavy atom. The van der Waals surface area contributed by atoms with E-state index in [-0.39, 0.29) is 18.0 Å². The van der Waals surface area contributed by atoms with Gasteiger partial charge in [-0.1, -0.05) is 54.6 Å². The second kappa shape index (κ2) is 8.96. The molecule has 0 bridgehead atoms. The third-order valence-corrected chi connectivity index (χ3v) is 6.76. The summed E-state index contributed by atoms with van der Waals surface area (Å²) in [6.45, 7) is 5.05. The second-order valence-corrected chi connectivity index (χ2v) is 8.39. The number of carbonyl (C=O) groups is 2. The van der Waals surface area contributed by atoms with Crippen LogP contribution in [-0.4, -0.2) is 43.8 Å². The molecule has 0 N–H and O–H groups in total. The quantitative estimate of drug-likeness (QED) is 0.480. The number of fused-ring (bicyclic) bond motifs is 3. The van der Waals surface area contributed by atoms with Crippen LogP contribution in [0.25, 0.3) is 11.1 Å². The van der Waals surface area contributed by atoms with Crippen LogP contribution in [0.4, 0.5) is 4.79 Å². The number of benzene rings is 2. The standard InChI is InChI=1S/C26H29NO4/c1-3-4-13-26(24(28)30-2)14-16-27(17-15-26)25(29)31-18-23-21-11-7-5-9-19(21)20-10-6-8-12-22(20)23/h3,5-12,23H,1,4,13-18H2,2H3. The molecular formula is C26H29NO4. The summed E-state index contributed by atoms with van der Waals surface area (Å²) in [5.41, 5.74) is 4.28. The molecule has 5 heteroatoms. The number of piperidine rings is 1. The molecule has 1 amide bonds. The topological polar surface area (TPSA) is 55.8 Å². The summed E-state index contributed by atoms with van der Waals surface area (Å²) in [7, 11) is 1.43. The highest BCUT2D eigenvalue weighted by Crippen LogP contribution is 2.44. The van der Waals surface area contributed by atoms with Crippen molar-refractivity contribution < 1.29 is 19.1 Å². The van der Waals surface area contributed by atoms with Crippen molar-refractivity contribution >= 4 is 12.1 Å². The van der Waals surface area contributed by atoms with Gasteiger partial charge in [-0.05, 0) is 47.9 Å². The van der Waals surface area contributed by atoms with E-state index in [1.165, 1.54) is 29.4 Å². The number of carbonyl (C=O) groups excluding carboxylic acids is 2. The third kappa shape index (κ3) is 3.97. The van der Waals surface area contributed by atoms with Crippen molar-refractivity contribution in [2.75, 3.05) is 26.8 Å². The lowest BCUT2D eigenvalue weighted by atomic mass is 9.75. The van der Waals surface area contributed by atoms with Crippen LogP contribution in [0.15, 0.2) is 61.2 Å². The average molecular weight is 420 g/mol. The van der Waals surface area contributed by atoms with E-state index in [1.54, 1.807) is 4.90 Å². The van der Waals surface area contributed by atoms with Crippen LogP contribution in [0, 0.1) is 5.41 Å². The number of nitrogens with zero attached hydrogens (tertiary/aromatic N) is 1. The first-order valence-corrected chi connectivity index (χ1v) is 10.9. The van der Waals surface area contributed by atoms with Crippen molar-refractivity contribution in [3.05, 3.63) is 72.3 Å². The van der Waals surface area contributed by atoms with Crippen LogP contribution in [0.3, 0.4) is 0 Å². The van der Waals surface area contributed by atoms with E-state index in [0.717, 1.165) is 6.42 Å². The number of ether oxygens (including phenoxy) is 2. The fraction of sp³-hybridized carbons (Fsp3) is 0.385. The maximum Gasteiger partial charge on any atom is 0.409 e. The minimum absolute atomic E-state index is 0.0443. The number of rotatable bonds is 6. The van der Waals surface area contributed by atoms with E-state index < -0.39 is 5.41 Å². The van der Waals surface area contributed by atoms with Gasteiger partial charge in [0.15, 0.2) is 0 Å². The molecule has 0 atom stereocenters.